The first kappa shape index (κ1) is 16.7. The van der Waals surface area contributed by atoms with Gasteiger partial charge in [0.2, 0.25) is 5.88 Å². The summed E-state index contributed by atoms with van der Waals surface area (Å²) in [5.41, 5.74) is 3.08. The van der Waals surface area contributed by atoms with Crippen LogP contribution in [0.15, 0.2) is 48.5 Å². The van der Waals surface area contributed by atoms with Gasteiger partial charge < -0.3 is 14.8 Å². The van der Waals surface area contributed by atoms with Gasteiger partial charge in [-0.15, -0.1) is 0 Å². The smallest absolute Gasteiger partial charge is 0.258 e. The Kier molecular flexibility index (Phi) is 5.09. The Hall–Kier alpha value is -3.15. The number of benzene rings is 2. The number of rotatable bonds is 6. The highest BCUT2D eigenvalue weighted by molar-refractivity contribution is 5.78. The number of hydrogen-bond donors (Lipinski definition) is 1. The molecule has 25 heavy (non-hydrogen) atoms. The summed E-state index contributed by atoms with van der Waals surface area (Å²) in [6, 6.07) is 15.1. The fourth-order valence-corrected chi connectivity index (χ4v) is 2.44. The molecular formula is C19H19N3O3. The third-order valence-electron chi connectivity index (χ3n) is 3.71. The Morgan fingerprint density at radius 1 is 1.04 bits per heavy atom. The Morgan fingerprint density at radius 3 is 2.48 bits per heavy atom. The Labute approximate surface area is 145 Å². The molecule has 0 aliphatic carbocycles. The highest BCUT2D eigenvalue weighted by Crippen LogP contribution is 2.18. The molecule has 0 unspecified atom stereocenters. The van der Waals surface area contributed by atoms with Gasteiger partial charge in [0.1, 0.15) is 11.4 Å². The summed E-state index contributed by atoms with van der Waals surface area (Å²) in [6.45, 7) is 2.05. The second kappa shape index (κ2) is 7.61. The van der Waals surface area contributed by atoms with Gasteiger partial charge in [0, 0.05) is 12.1 Å². The molecule has 0 aliphatic rings. The fraction of sp³-hybridized carbons (Fsp3) is 0.211. The van der Waals surface area contributed by atoms with E-state index in [1.807, 2.05) is 55.5 Å². The number of aryl methyl sites for hydroxylation is 1. The molecule has 0 radical (unpaired) electrons. The average molecular weight is 337 g/mol. The van der Waals surface area contributed by atoms with E-state index in [0.29, 0.717) is 18.1 Å². The summed E-state index contributed by atoms with van der Waals surface area (Å²) >= 11 is 0. The van der Waals surface area contributed by atoms with Crippen LogP contribution in [0.4, 0.5) is 0 Å². The number of ether oxygens (including phenoxy) is 2. The van der Waals surface area contributed by atoms with E-state index in [4.69, 9.17) is 9.47 Å². The highest BCUT2D eigenvalue weighted by atomic mass is 16.5. The number of methoxy groups -OCH3 is 1. The summed E-state index contributed by atoms with van der Waals surface area (Å²) in [4.78, 5) is 20.9. The van der Waals surface area contributed by atoms with Gasteiger partial charge in [-0.1, -0.05) is 30.3 Å². The van der Waals surface area contributed by atoms with E-state index >= 15 is 0 Å². The summed E-state index contributed by atoms with van der Waals surface area (Å²) in [7, 11) is 1.60. The van der Waals surface area contributed by atoms with Crippen molar-refractivity contribution in [3.05, 3.63) is 59.8 Å². The first-order valence-corrected chi connectivity index (χ1v) is 7.92. The van der Waals surface area contributed by atoms with Crippen LogP contribution in [0, 0.1) is 6.92 Å². The van der Waals surface area contributed by atoms with Crippen molar-refractivity contribution in [3.8, 4) is 11.6 Å². The predicted octanol–water partition coefficient (Wildman–Crippen LogP) is 2.64. The molecule has 0 atom stereocenters. The first-order chi connectivity index (χ1) is 12.2. The molecule has 0 aliphatic heterocycles. The van der Waals surface area contributed by atoms with Crippen molar-refractivity contribution < 1.29 is 14.3 Å². The molecule has 0 spiro atoms. The van der Waals surface area contributed by atoms with Gasteiger partial charge in [0.15, 0.2) is 6.61 Å². The summed E-state index contributed by atoms with van der Waals surface area (Å²) in [6.07, 6.45) is 0. The van der Waals surface area contributed by atoms with Crippen LogP contribution in [0.25, 0.3) is 11.0 Å². The minimum Gasteiger partial charge on any atom is -0.496 e. The molecule has 1 amide bonds. The van der Waals surface area contributed by atoms with Crippen LogP contribution in [0.2, 0.25) is 0 Å². The summed E-state index contributed by atoms with van der Waals surface area (Å²) in [5.74, 6) is 0.867. The molecule has 0 saturated carbocycles. The number of nitrogens with zero attached hydrogens (tertiary/aromatic N) is 2. The van der Waals surface area contributed by atoms with Gasteiger partial charge in [-0.05, 0) is 25.1 Å². The number of fused-ring (bicyclic) bond motifs is 1. The lowest BCUT2D eigenvalue weighted by Crippen LogP contribution is -2.28. The maximum atomic E-state index is 12.0. The Morgan fingerprint density at radius 2 is 1.72 bits per heavy atom. The van der Waals surface area contributed by atoms with Crippen LogP contribution in [-0.2, 0) is 11.3 Å². The largest absolute Gasteiger partial charge is 0.496 e. The highest BCUT2D eigenvalue weighted by Gasteiger charge is 2.10. The molecule has 1 N–H and O–H groups in total. The zero-order valence-corrected chi connectivity index (χ0v) is 14.2. The van der Waals surface area contributed by atoms with E-state index in [-0.39, 0.29) is 12.5 Å². The number of nitrogens with one attached hydrogen (secondary N) is 1. The fourth-order valence-electron chi connectivity index (χ4n) is 2.44. The van der Waals surface area contributed by atoms with E-state index in [0.717, 1.165) is 22.3 Å². The molecule has 3 rings (SSSR count). The number of carbonyl (C=O) groups is 1. The second-order valence-electron chi connectivity index (χ2n) is 5.48. The average Bonchev–Trinajstić information content (AvgIpc) is 2.64. The van der Waals surface area contributed by atoms with Crippen LogP contribution in [0.1, 0.15) is 11.3 Å². The molecule has 1 aromatic heterocycles. The summed E-state index contributed by atoms with van der Waals surface area (Å²) < 4.78 is 10.8. The van der Waals surface area contributed by atoms with E-state index in [9.17, 15) is 4.79 Å². The van der Waals surface area contributed by atoms with Gasteiger partial charge in [-0.2, -0.15) is 0 Å². The number of amides is 1. The normalized spacial score (nSPS) is 10.5. The number of hydrogen-bond acceptors (Lipinski definition) is 5. The maximum Gasteiger partial charge on any atom is 0.258 e. The van der Waals surface area contributed by atoms with Gasteiger partial charge in [0.25, 0.3) is 5.91 Å². The number of carbonyl (C=O) groups excluding carboxylic acids is 1. The molecule has 0 saturated heterocycles. The van der Waals surface area contributed by atoms with Crippen LogP contribution >= 0.6 is 0 Å². The van der Waals surface area contributed by atoms with Crippen molar-refractivity contribution in [2.75, 3.05) is 13.7 Å². The quantitative estimate of drug-likeness (QED) is 0.748. The third-order valence-corrected chi connectivity index (χ3v) is 3.71. The van der Waals surface area contributed by atoms with Crippen LogP contribution in [-0.4, -0.2) is 29.6 Å². The second-order valence-corrected chi connectivity index (χ2v) is 5.48. The number of aromatic nitrogens is 2. The van der Waals surface area contributed by atoms with Gasteiger partial charge in [0.05, 0.1) is 18.1 Å². The van der Waals surface area contributed by atoms with E-state index in [1.54, 1.807) is 7.11 Å². The first-order valence-electron chi connectivity index (χ1n) is 7.92. The van der Waals surface area contributed by atoms with Gasteiger partial charge in [-0.3, -0.25) is 4.79 Å². The molecule has 0 bridgehead atoms. The van der Waals surface area contributed by atoms with Crippen molar-refractivity contribution in [1.29, 1.82) is 0 Å². The van der Waals surface area contributed by atoms with Crippen molar-refractivity contribution >= 4 is 16.9 Å². The van der Waals surface area contributed by atoms with Gasteiger partial charge in [-0.25, -0.2) is 9.97 Å². The van der Waals surface area contributed by atoms with Crippen LogP contribution < -0.4 is 14.8 Å². The standard InChI is InChI=1S/C19H19N3O3/c1-13-19(22-16-9-5-4-8-15(16)21-13)25-12-18(23)20-11-14-7-3-6-10-17(14)24-2/h3-10H,11-12H2,1-2H3,(H,20,23). The molecule has 128 valence electrons. The molecule has 6 heteroatoms. The lowest BCUT2D eigenvalue weighted by atomic mass is 10.2. The van der Waals surface area contributed by atoms with Crippen molar-refractivity contribution in [1.82, 2.24) is 15.3 Å². The molecule has 2 aromatic carbocycles. The predicted molar refractivity (Wildman–Crippen MR) is 94.6 cm³/mol. The minimum absolute atomic E-state index is 0.122. The lowest BCUT2D eigenvalue weighted by molar-refractivity contribution is -0.123. The van der Waals surface area contributed by atoms with Crippen LogP contribution in [0.3, 0.4) is 0 Å². The van der Waals surface area contributed by atoms with Crippen molar-refractivity contribution in [2.24, 2.45) is 0 Å². The zero-order chi connectivity index (χ0) is 17.6. The molecule has 0 fully saturated rings. The third kappa shape index (κ3) is 4.03. The maximum absolute atomic E-state index is 12.0. The summed E-state index contributed by atoms with van der Waals surface area (Å²) in [5, 5.41) is 2.81. The topological polar surface area (TPSA) is 73.3 Å². The Balaban J connectivity index is 1.60. The molecule has 6 nitrogen and oxygen atoms in total. The van der Waals surface area contributed by atoms with Crippen molar-refractivity contribution in [3.63, 3.8) is 0 Å². The van der Waals surface area contributed by atoms with E-state index in [1.165, 1.54) is 0 Å². The molecule has 3 aromatic rings. The Bertz CT molecular complexity index is 896. The SMILES string of the molecule is COc1ccccc1CNC(=O)COc1nc2ccccc2nc1C. The van der Waals surface area contributed by atoms with Gasteiger partial charge >= 0.3 is 0 Å². The lowest BCUT2D eigenvalue weighted by Gasteiger charge is -2.11. The molecule has 1 heterocycles. The van der Waals surface area contributed by atoms with Crippen LogP contribution in [0.5, 0.6) is 11.6 Å². The number of para-hydroxylation sites is 3. The molecular weight excluding hydrogens is 318 g/mol. The zero-order valence-electron chi connectivity index (χ0n) is 14.2. The monoisotopic (exact) mass is 337 g/mol. The van der Waals surface area contributed by atoms with E-state index in [2.05, 4.69) is 15.3 Å². The van der Waals surface area contributed by atoms with Crippen molar-refractivity contribution in [2.45, 2.75) is 13.5 Å². The minimum atomic E-state index is -0.236. The van der Waals surface area contributed by atoms with E-state index < -0.39 is 0 Å².